The molecule has 0 saturated carbocycles. The highest BCUT2D eigenvalue weighted by Gasteiger charge is 2.10. The SMILES string of the molecule is Nc1ccc(C=CCCO)cc1[N+](=O)[O-]. The number of benzene rings is 1. The molecule has 0 aliphatic carbocycles. The molecule has 0 aromatic heterocycles. The lowest BCUT2D eigenvalue weighted by Gasteiger charge is -1.98. The number of nitrogen functional groups attached to an aromatic ring is 1. The van der Waals surface area contributed by atoms with Crippen molar-refractivity contribution in [2.24, 2.45) is 0 Å². The molecule has 0 fully saturated rings. The van der Waals surface area contributed by atoms with Crippen LogP contribution in [0.15, 0.2) is 24.3 Å². The number of anilines is 1. The fourth-order valence-electron chi connectivity index (χ4n) is 1.12. The normalized spacial score (nSPS) is 10.7. The minimum atomic E-state index is -0.515. The number of hydrogen-bond donors (Lipinski definition) is 2. The molecule has 5 heteroatoms. The van der Waals surface area contributed by atoms with E-state index in [9.17, 15) is 10.1 Å². The smallest absolute Gasteiger partial charge is 0.292 e. The van der Waals surface area contributed by atoms with E-state index in [1.54, 1.807) is 18.2 Å². The van der Waals surface area contributed by atoms with Crippen molar-refractivity contribution in [3.63, 3.8) is 0 Å². The highest BCUT2D eigenvalue weighted by Crippen LogP contribution is 2.22. The maximum atomic E-state index is 10.6. The van der Waals surface area contributed by atoms with Crippen molar-refractivity contribution in [3.8, 4) is 0 Å². The van der Waals surface area contributed by atoms with Crippen molar-refractivity contribution >= 4 is 17.5 Å². The summed E-state index contributed by atoms with van der Waals surface area (Å²) in [6, 6.07) is 4.59. The Kier molecular flexibility index (Phi) is 3.82. The van der Waals surface area contributed by atoms with Gasteiger partial charge in [-0.1, -0.05) is 18.2 Å². The molecule has 15 heavy (non-hydrogen) atoms. The van der Waals surface area contributed by atoms with E-state index in [0.29, 0.717) is 12.0 Å². The summed E-state index contributed by atoms with van der Waals surface area (Å²) in [6.45, 7) is 0.0631. The van der Waals surface area contributed by atoms with Crippen molar-refractivity contribution in [2.75, 3.05) is 12.3 Å². The van der Waals surface area contributed by atoms with Gasteiger partial charge < -0.3 is 10.8 Å². The summed E-state index contributed by atoms with van der Waals surface area (Å²) in [4.78, 5) is 10.1. The van der Waals surface area contributed by atoms with E-state index in [4.69, 9.17) is 10.8 Å². The quantitative estimate of drug-likeness (QED) is 0.446. The number of nitro benzene ring substituents is 1. The standard InChI is InChI=1S/C10H12N2O3/c11-9-5-4-8(3-1-2-6-13)7-10(9)12(14)15/h1,3-5,7,13H,2,6,11H2. The number of aliphatic hydroxyl groups is 1. The molecule has 1 rings (SSSR count). The van der Waals surface area contributed by atoms with Crippen LogP contribution >= 0.6 is 0 Å². The van der Waals surface area contributed by atoms with Gasteiger partial charge in [0.25, 0.3) is 5.69 Å². The number of hydrogen-bond acceptors (Lipinski definition) is 4. The highest BCUT2D eigenvalue weighted by atomic mass is 16.6. The van der Waals surface area contributed by atoms with Crippen molar-refractivity contribution in [2.45, 2.75) is 6.42 Å². The van der Waals surface area contributed by atoms with Gasteiger partial charge in [0.2, 0.25) is 0 Å². The van der Waals surface area contributed by atoms with E-state index in [2.05, 4.69) is 0 Å². The molecular formula is C10H12N2O3. The predicted molar refractivity (Wildman–Crippen MR) is 58.2 cm³/mol. The molecule has 0 bridgehead atoms. The molecular weight excluding hydrogens is 196 g/mol. The van der Waals surface area contributed by atoms with Crippen LogP contribution in [-0.2, 0) is 0 Å². The van der Waals surface area contributed by atoms with Gasteiger partial charge in [-0.25, -0.2) is 0 Å². The van der Waals surface area contributed by atoms with Crippen LogP contribution in [0.1, 0.15) is 12.0 Å². The zero-order valence-electron chi connectivity index (χ0n) is 8.09. The topological polar surface area (TPSA) is 89.4 Å². The van der Waals surface area contributed by atoms with Gasteiger partial charge in [0.05, 0.1) is 4.92 Å². The summed E-state index contributed by atoms with van der Waals surface area (Å²) in [5, 5.41) is 19.1. The summed E-state index contributed by atoms with van der Waals surface area (Å²) in [7, 11) is 0. The average molecular weight is 208 g/mol. The Balaban J connectivity index is 2.92. The minimum absolute atomic E-state index is 0.0631. The van der Waals surface area contributed by atoms with Gasteiger partial charge in [0.15, 0.2) is 0 Å². The van der Waals surface area contributed by atoms with E-state index in [1.807, 2.05) is 0 Å². The molecule has 0 amide bonds. The zero-order valence-corrected chi connectivity index (χ0v) is 8.09. The Labute approximate surface area is 87.0 Å². The second kappa shape index (κ2) is 5.11. The van der Waals surface area contributed by atoms with Crippen LogP contribution < -0.4 is 5.73 Å². The highest BCUT2D eigenvalue weighted by molar-refractivity contribution is 5.64. The molecule has 0 aliphatic rings. The van der Waals surface area contributed by atoms with Gasteiger partial charge in [-0.3, -0.25) is 10.1 Å². The largest absolute Gasteiger partial charge is 0.396 e. The maximum absolute atomic E-state index is 10.6. The molecule has 0 radical (unpaired) electrons. The Morgan fingerprint density at radius 2 is 2.27 bits per heavy atom. The van der Waals surface area contributed by atoms with Crippen molar-refractivity contribution in [1.82, 2.24) is 0 Å². The van der Waals surface area contributed by atoms with Gasteiger partial charge in [-0.05, 0) is 18.1 Å². The van der Waals surface area contributed by atoms with Gasteiger partial charge in [-0.2, -0.15) is 0 Å². The summed E-state index contributed by atoms with van der Waals surface area (Å²) < 4.78 is 0. The molecule has 3 N–H and O–H groups in total. The lowest BCUT2D eigenvalue weighted by atomic mass is 10.1. The summed E-state index contributed by atoms with van der Waals surface area (Å²) in [5.41, 5.74) is 6.19. The van der Waals surface area contributed by atoms with Gasteiger partial charge >= 0.3 is 0 Å². The number of nitrogens with two attached hydrogens (primary N) is 1. The summed E-state index contributed by atoms with van der Waals surface area (Å²) >= 11 is 0. The van der Waals surface area contributed by atoms with E-state index in [1.165, 1.54) is 12.1 Å². The van der Waals surface area contributed by atoms with E-state index in [-0.39, 0.29) is 18.0 Å². The first-order chi connectivity index (χ1) is 7.15. The second-order valence-electron chi connectivity index (χ2n) is 2.99. The molecule has 0 heterocycles. The Bertz CT molecular complexity index is 388. The zero-order chi connectivity index (χ0) is 11.3. The Morgan fingerprint density at radius 1 is 1.53 bits per heavy atom. The first-order valence-electron chi connectivity index (χ1n) is 4.46. The van der Waals surface area contributed by atoms with E-state index < -0.39 is 4.92 Å². The van der Waals surface area contributed by atoms with Crippen LogP contribution in [0.3, 0.4) is 0 Å². The average Bonchev–Trinajstić information content (AvgIpc) is 2.20. The lowest BCUT2D eigenvalue weighted by Crippen LogP contribution is -1.95. The third-order valence-electron chi connectivity index (χ3n) is 1.86. The van der Waals surface area contributed by atoms with Gasteiger partial charge in [0, 0.05) is 12.7 Å². The Hall–Kier alpha value is -1.88. The molecule has 0 unspecified atom stereocenters. The van der Waals surface area contributed by atoms with Crippen molar-refractivity contribution < 1.29 is 10.0 Å². The number of aliphatic hydroxyl groups excluding tert-OH is 1. The number of nitro groups is 1. The monoisotopic (exact) mass is 208 g/mol. The second-order valence-corrected chi connectivity index (χ2v) is 2.99. The van der Waals surface area contributed by atoms with Crippen LogP contribution in [0, 0.1) is 10.1 Å². The number of rotatable bonds is 4. The van der Waals surface area contributed by atoms with E-state index >= 15 is 0 Å². The van der Waals surface area contributed by atoms with Gasteiger partial charge in [0.1, 0.15) is 5.69 Å². The third kappa shape index (κ3) is 3.07. The summed E-state index contributed by atoms with van der Waals surface area (Å²) in [5.74, 6) is 0. The van der Waals surface area contributed by atoms with Crippen LogP contribution in [0.25, 0.3) is 6.08 Å². The molecule has 80 valence electrons. The molecule has 5 nitrogen and oxygen atoms in total. The van der Waals surface area contributed by atoms with Crippen molar-refractivity contribution in [3.05, 3.63) is 40.0 Å². The fraction of sp³-hybridized carbons (Fsp3) is 0.200. The maximum Gasteiger partial charge on any atom is 0.292 e. The van der Waals surface area contributed by atoms with E-state index in [0.717, 1.165) is 0 Å². The number of nitrogens with zero attached hydrogens (tertiary/aromatic N) is 1. The van der Waals surface area contributed by atoms with Gasteiger partial charge in [-0.15, -0.1) is 0 Å². The first-order valence-corrected chi connectivity index (χ1v) is 4.46. The molecule has 0 aliphatic heterocycles. The summed E-state index contributed by atoms with van der Waals surface area (Å²) in [6.07, 6.45) is 3.98. The molecule has 0 spiro atoms. The lowest BCUT2D eigenvalue weighted by molar-refractivity contribution is -0.383. The fourth-order valence-corrected chi connectivity index (χ4v) is 1.12. The molecule has 1 aromatic carbocycles. The van der Waals surface area contributed by atoms with Crippen LogP contribution in [0.5, 0.6) is 0 Å². The molecule has 0 atom stereocenters. The van der Waals surface area contributed by atoms with Crippen LogP contribution in [-0.4, -0.2) is 16.6 Å². The van der Waals surface area contributed by atoms with Crippen LogP contribution in [0.4, 0.5) is 11.4 Å². The third-order valence-corrected chi connectivity index (χ3v) is 1.86. The minimum Gasteiger partial charge on any atom is -0.396 e. The molecule has 0 saturated heterocycles. The first kappa shape index (κ1) is 11.2. The Morgan fingerprint density at radius 3 is 2.87 bits per heavy atom. The van der Waals surface area contributed by atoms with Crippen molar-refractivity contribution in [1.29, 1.82) is 0 Å². The molecule has 1 aromatic rings. The van der Waals surface area contributed by atoms with Crippen LogP contribution in [0.2, 0.25) is 0 Å². The predicted octanol–water partition coefficient (Wildman–Crippen LogP) is 1.57.